The van der Waals surface area contributed by atoms with Gasteiger partial charge < -0.3 is 9.94 Å². The molecule has 74 valence electrons. The van der Waals surface area contributed by atoms with Crippen molar-refractivity contribution in [2.24, 2.45) is 5.16 Å². The summed E-state index contributed by atoms with van der Waals surface area (Å²) in [6.07, 6.45) is 2.98. The van der Waals surface area contributed by atoms with Crippen molar-refractivity contribution in [1.29, 1.82) is 0 Å². The van der Waals surface area contributed by atoms with E-state index >= 15 is 0 Å². The minimum atomic E-state index is 0.425. The molecular weight excluding hydrogens is 246 g/mol. The van der Waals surface area contributed by atoms with Gasteiger partial charge in [-0.05, 0) is 18.2 Å². The number of rotatable bonds is 4. The first-order valence-corrected chi connectivity index (χ1v) is 4.78. The zero-order chi connectivity index (χ0) is 10.4. The van der Waals surface area contributed by atoms with Crippen LogP contribution in [0, 0.1) is 0 Å². The summed E-state index contributed by atoms with van der Waals surface area (Å²) in [4.78, 5) is 0. The van der Waals surface area contributed by atoms with Crippen molar-refractivity contribution < 1.29 is 9.94 Å². The predicted molar refractivity (Wildman–Crippen MR) is 59.2 cm³/mol. The molecule has 14 heavy (non-hydrogen) atoms. The van der Waals surface area contributed by atoms with Crippen LogP contribution in [-0.4, -0.2) is 18.0 Å². The molecule has 0 fully saturated rings. The van der Waals surface area contributed by atoms with E-state index in [2.05, 4.69) is 27.7 Å². The molecule has 3 nitrogen and oxygen atoms in total. The maximum atomic E-state index is 8.44. The molecule has 0 aliphatic rings. The van der Waals surface area contributed by atoms with Gasteiger partial charge in [-0.25, -0.2) is 0 Å². The fourth-order valence-corrected chi connectivity index (χ4v) is 1.34. The summed E-state index contributed by atoms with van der Waals surface area (Å²) in [6.45, 7) is 3.98. The van der Waals surface area contributed by atoms with Gasteiger partial charge in [-0.2, -0.15) is 0 Å². The topological polar surface area (TPSA) is 41.8 Å². The molecule has 1 aromatic rings. The second-order valence-corrected chi connectivity index (χ2v) is 3.44. The number of hydrogen-bond donors (Lipinski definition) is 1. The Morgan fingerprint density at radius 3 is 3.00 bits per heavy atom. The number of nitrogens with zero attached hydrogens (tertiary/aromatic N) is 1. The first kappa shape index (κ1) is 10.8. The summed E-state index contributed by atoms with van der Waals surface area (Å²) in [5, 5.41) is 11.4. The summed E-state index contributed by atoms with van der Waals surface area (Å²) in [7, 11) is 0. The van der Waals surface area contributed by atoms with Gasteiger partial charge in [0.1, 0.15) is 12.4 Å². The van der Waals surface area contributed by atoms with Crippen LogP contribution in [-0.2, 0) is 0 Å². The molecular formula is C10H10BrNO2. The average molecular weight is 256 g/mol. The first-order chi connectivity index (χ1) is 6.77. The fraction of sp³-hybridized carbons (Fsp3) is 0.100. The van der Waals surface area contributed by atoms with Gasteiger partial charge in [0.15, 0.2) is 0 Å². The van der Waals surface area contributed by atoms with Crippen LogP contribution in [0.5, 0.6) is 5.75 Å². The molecule has 1 N–H and O–H groups in total. The van der Waals surface area contributed by atoms with E-state index in [0.29, 0.717) is 17.9 Å². The van der Waals surface area contributed by atoms with Crippen LogP contribution in [0.4, 0.5) is 0 Å². The fourth-order valence-electron chi connectivity index (χ4n) is 0.963. The number of benzene rings is 1. The van der Waals surface area contributed by atoms with Gasteiger partial charge in [0, 0.05) is 10.0 Å². The Hall–Kier alpha value is -1.29. The summed E-state index contributed by atoms with van der Waals surface area (Å²) < 4.78 is 6.25. The van der Waals surface area contributed by atoms with E-state index in [1.807, 2.05) is 6.07 Å². The molecule has 0 bridgehead atoms. The Morgan fingerprint density at radius 2 is 2.36 bits per heavy atom. The van der Waals surface area contributed by atoms with Crippen LogP contribution in [0.2, 0.25) is 0 Å². The van der Waals surface area contributed by atoms with Crippen molar-refractivity contribution in [3.63, 3.8) is 0 Å². The van der Waals surface area contributed by atoms with E-state index in [-0.39, 0.29) is 0 Å². The van der Waals surface area contributed by atoms with Crippen molar-refractivity contribution in [2.45, 2.75) is 0 Å². The van der Waals surface area contributed by atoms with Crippen LogP contribution in [0.1, 0.15) is 5.56 Å². The molecule has 1 aromatic carbocycles. The van der Waals surface area contributed by atoms with Gasteiger partial charge >= 0.3 is 0 Å². The maximum Gasteiger partial charge on any atom is 0.128 e. The largest absolute Gasteiger partial charge is 0.489 e. The highest BCUT2D eigenvalue weighted by molar-refractivity contribution is 9.10. The summed E-state index contributed by atoms with van der Waals surface area (Å²) >= 11 is 3.32. The molecule has 0 aliphatic carbocycles. The Bertz CT molecular complexity index is 350. The third kappa shape index (κ3) is 2.88. The Balaban J connectivity index is 2.95. The van der Waals surface area contributed by atoms with E-state index in [0.717, 1.165) is 4.47 Å². The average Bonchev–Trinajstić information content (AvgIpc) is 2.17. The van der Waals surface area contributed by atoms with Crippen molar-refractivity contribution in [2.75, 3.05) is 6.61 Å². The van der Waals surface area contributed by atoms with Gasteiger partial charge in [-0.3, -0.25) is 0 Å². The lowest BCUT2D eigenvalue weighted by Crippen LogP contribution is -1.96. The molecule has 0 spiro atoms. The molecule has 0 amide bonds. The zero-order valence-corrected chi connectivity index (χ0v) is 9.07. The standard InChI is InChI=1S/C10H10BrNO2/c1-2-5-14-10-4-3-9(11)6-8(10)7-12-13/h2-4,6-7,13H,1,5H2/b12-7+. The Kier molecular flexibility index (Phi) is 4.19. The third-order valence-corrected chi connectivity index (χ3v) is 2.02. The smallest absolute Gasteiger partial charge is 0.128 e. The second kappa shape index (κ2) is 5.44. The van der Waals surface area contributed by atoms with E-state index < -0.39 is 0 Å². The van der Waals surface area contributed by atoms with Crippen LogP contribution in [0.3, 0.4) is 0 Å². The minimum absolute atomic E-state index is 0.425. The number of ether oxygens (including phenoxy) is 1. The highest BCUT2D eigenvalue weighted by Crippen LogP contribution is 2.21. The van der Waals surface area contributed by atoms with Gasteiger partial charge in [0.2, 0.25) is 0 Å². The molecule has 0 saturated heterocycles. The molecule has 0 unspecified atom stereocenters. The van der Waals surface area contributed by atoms with Crippen LogP contribution >= 0.6 is 15.9 Å². The molecule has 4 heteroatoms. The SMILES string of the molecule is C=CCOc1ccc(Br)cc1/C=N/O. The predicted octanol–water partition coefficient (Wildman–Crippen LogP) is 2.82. The van der Waals surface area contributed by atoms with Gasteiger partial charge in [-0.15, -0.1) is 0 Å². The lowest BCUT2D eigenvalue weighted by atomic mass is 10.2. The Labute approximate surface area is 90.8 Å². The van der Waals surface area contributed by atoms with Crippen molar-refractivity contribution in [3.05, 3.63) is 40.9 Å². The summed E-state index contributed by atoms with van der Waals surface area (Å²) in [5.74, 6) is 0.658. The molecule has 0 aromatic heterocycles. The highest BCUT2D eigenvalue weighted by Gasteiger charge is 2.01. The van der Waals surface area contributed by atoms with Crippen molar-refractivity contribution in [1.82, 2.24) is 0 Å². The van der Waals surface area contributed by atoms with E-state index in [1.54, 1.807) is 18.2 Å². The van der Waals surface area contributed by atoms with Crippen molar-refractivity contribution in [3.8, 4) is 5.75 Å². The second-order valence-electron chi connectivity index (χ2n) is 2.53. The third-order valence-electron chi connectivity index (χ3n) is 1.53. The minimum Gasteiger partial charge on any atom is -0.489 e. The van der Waals surface area contributed by atoms with Gasteiger partial charge in [0.25, 0.3) is 0 Å². The summed E-state index contributed by atoms with van der Waals surface area (Å²) in [5.41, 5.74) is 0.712. The van der Waals surface area contributed by atoms with Crippen LogP contribution in [0.15, 0.2) is 40.5 Å². The monoisotopic (exact) mass is 255 g/mol. The number of hydrogen-bond acceptors (Lipinski definition) is 3. The summed E-state index contributed by atoms with van der Waals surface area (Å²) in [6, 6.07) is 5.45. The first-order valence-electron chi connectivity index (χ1n) is 3.98. The molecule has 1 rings (SSSR count). The van der Waals surface area contributed by atoms with Crippen LogP contribution < -0.4 is 4.74 Å². The Morgan fingerprint density at radius 1 is 1.57 bits per heavy atom. The normalized spacial score (nSPS) is 10.4. The molecule has 0 atom stereocenters. The molecule has 0 saturated carbocycles. The van der Waals surface area contributed by atoms with Gasteiger partial charge in [-0.1, -0.05) is 33.7 Å². The molecule has 0 radical (unpaired) electrons. The number of halogens is 1. The van der Waals surface area contributed by atoms with Gasteiger partial charge in [0.05, 0.1) is 6.21 Å². The lowest BCUT2D eigenvalue weighted by molar-refractivity contribution is 0.321. The van der Waals surface area contributed by atoms with Crippen molar-refractivity contribution >= 4 is 22.1 Å². The van der Waals surface area contributed by atoms with E-state index in [9.17, 15) is 0 Å². The molecule has 0 aliphatic heterocycles. The lowest BCUT2D eigenvalue weighted by Gasteiger charge is -2.06. The molecule has 0 heterocycles. The van der Waals surface area contributed by atoms with Crippen LogP contribution in [0.25, 0.3) is 0 Å². The quantitative estimate of drug-likeness (QED) is 0.389. The zero-order valence-electron chi connectivity index (χ0n) is 7.48. The van der Waals surface area contributed by atoms with E-state index in [4.69, 9.17) is 9.94 Å². The maximum absolute atomic E-state index is 8.44. The highest BCUT2D eigenvalue weighted by atomic mass is 79.9. The van der Waals surface area contributed by atoms with E-state index in [1.165, 1.54) is 6.21 Å². The number of oxime groups is 1.